The molecule has 2 aromatic rings. The van der Waals surface area contributed by atoms with Crippen molar-refractivity contribution in [1.82, 2.24) is 19.8 Å². The van der Waals surface area contributed by atoms with E-state index in [1.54, 1.807) is 26.0 Å². The van der Waals surface area contributed by atoms with Gasteiger partial charge in [0.05, 0.1) is 11.0 Å². The van der Waals surface area contributed by atoms with Crippen LogP contribution in [0.2, 0.25) is 0 Å². The lowest BCUT2D eigenvalue weighted by Crippen LogP contribution is -2.44. The molecule has 2 fully saturated rings. The predicted octanol–water partition coefficient (Wildman–Crippen LogP) is 3.85. The fraction of sp³-hybridized carbons (Fsp3) is 0.600. The molecule has 2 aliphatic heterocycles. The van der Waals surface area contributed by atoms with Gasteiger partial charge in [0.25, 0.3) is 5.91 Å². The van der Waals surface area contributed by atoms with Crippen molar-refractivity contribution in [3.8, 4) is 0 Å². The van der Waals surface area contributed by atoms with E-state index >= 15 is 0 Å². The fourth-order valence-corrected chi connectivity index (χ4v) is 4.54. The second-order valence-corrected chi connectivity index (χ2v) is 8.32. The molecule has 0 aliphatic carbocycles. The molecule has 28 heavy (non-hydrogen) atoms. The Morgan fingerprint density at radius 3 is 2.50 bits per heavy atom. The first-order valence-corrected chi connectivity index (χ1v) is 9.79. The van der Waals surface area contributed by atoms with Crippen LogP contribution < -0.4 is 5.32 Å². The van der Waals surface area contributed by atoms with Gasteiger partial charge in [-0.15, -0.1) is 0 Å². The molecule has 2 saturated heterocycles. The summed E-state index contributed by atoms with van der Waals surface area (Å²) in [7, 11) is 0. The zero-order valence-electron chi connectivity index (χ0n) is 16.1. The number of carbonyl (C=O) groups excluding carboxylic acids is 1. The lowest BCUT2D eigenvalue weighted by molar-refractivity contribution is -0.147. The number of likely N-dealkylation sites (tertiary alicyclic amines) is 1. The zero-order valence-corrected chi connectivity index (χ0v) is 16.1. The molecule has 0 unspecified atom stereocenters. The third-order valence-corrected chi connectivity index (χ3v) is 6.15. The lowest BCUT2D eigenvalue weighted by atomic mass is 9.78. The van der Waals surface area contributed by atoms with E-state index in [9.17, 15) is 18.0 Å². The third-order valence-electron chi connectivity index (χ3n) is 6.15. The van der Waals surface area contributed by atoms with Crippen LogP contribution in [0.25, 0.3) is 11.0 Å². The Balaban J connectivity index is 1.60. The van der Waals surface area contributed by atoms with Crippen LogP contribution in [0, 0.1) is 5.41 Å². The van der Waals surface area contributed by atoms with Crippen molar-refractivity contribution in [3.63, 3.8) is 0 Å². The molecule has 0 bridgehead atoms. The van der Waals surface area contributed by atoms with Gasteiger partial charge in [-0.25, -0.2) is 4.98 Å². The van der Waals surface area contributed by atoms with Gasteiger partial charge in [-0.3, -0.25) is 4.79 Å². The summed E-state index contributed by atoms with van der Waals surface area (Å²) in [6.07, 6.45) is -1.46. The molecule has 1 amide bonds. The highest BCUT2D eigenvalue weighted by Gasteiger charge is 2.39. The topological polar surface area (TPSA) is 50.2 Å². The largest absolute Gasteiger partial charge is 0.449 e. The molecule has 1 spiro atoms. The summed E-state index contributed by atoms with van der Waals surface area (Å²) in [5, 5.41) is 3.40. The van der Waals surface area contributed by atoms with Gasteiger partial charge in [0, 0.05) is 31.2 Å². The van der Waals surface area contributed by atoms with Gasteiger partial charge >= 0.3 is 6.18 Å². The molecule has 3 heterocycles. The number of fused-ring (bicyclic) bond motifs is 1. The lowest BCUT2D eigenvalue weighted by Gasteiger charge is -2.38. The summed E-state index contributed by atoms with van der Waals surface area (Å²) in [4.78, 5) is 18.5. The number of nitrogens with zero attached hydrogens (tertiary/aromatic N) is 3. The number of hydrogen-bond acceptors (Lipinski definition) is 3. The van der Waals surface area contributed by atoms with E-state index in [-0.39, 0.29) is 17.5 Å². The number of rotatable bonds is 2. The van der Waals surface area contributed by atoms with Gasteiger partial charge in [0.1, 0.15) is 0 Å². The Morgan fingerprint density at radius 1 is 1.21 bits per heavy atom. The Kier molecular flexibility index (Phi) is 4.64. The molecule has 0 atom stereocenters. The van der Waals surface area contributed by atoms with Gasteiger partial charge in [-0.05, 0) is 63.3 Å². The molecule has 8 heteroatoms. The van der Waals surface area contributed by atoms with Crippen molar-refractivity contribution in [1.29, 1.82) is 0 Å². The summed E-state index contributed by atoms with van der Waals surface area (Å²) in [5.41, 5.74) is 1.31. The van der Waals surface area contributed by atoms with Crippen molar-refractivity contribution in [2.24, 2.45) is 5.41 Å². The first-order chi connectivity index (χ1) is 13.2. The number of carbonyl (C=O) groups is 1. The Bertz CT molecular complexity index is 887. The second-order valence-electron chi connectivity index (χ2n) is 8.32. The molecule has 0 radical (unpaired) electrons. The van der Waals surface area contributed by atoms with Crippen LogP contribution in [0.5, 0.6) is 0 Å². The number of aromatic nitrogens is 2. The number of benzene rings is 1. The van der Waals surface area contributed by atoms with Crippen LogP contribution >= 0.6 is 0 Å². The monoisotopic (exact) mass is 394 g/mol. The summed E-state index contributed by atoms with van der Waals surface area (Å²) < 4.78 is 41.3. The van der Waals surface area contributed by atoms with Crippen LogP contribution in [0.1, 0.15) is 55.3 Å². The maximum absolute atomic E-state index is 13.4. The minimum absolute atomic E-state index is 0.129. The molecule has 0 saturated carbocycles. The maximum Gasteiger partial charge on any atom is 0.449 e. The van der Waals surface area contributed by atoms with Crippen LogP contribution in [-0.2, 0) is 6.18 Å². The van der Waals surface area contributed by atoms with Crippen LogP contribution in [0.15, 0.2) is 18.2 Å². The molecule has 5 nitrogen and oxygen atoms in total. The molecule has 152 valence electrons. The number of halogens is 3. The Labute approximate surface area is 161 Å². The molecule has 2 aliphatic rings. The summed E-state index contributed by atoms with van der Waals surface area (Å²) >= 11 is 0. The van der Waals surface area contributed by atoms with Crippen LogP contribution in [0.4, 0.5) is 13.2 Å². The number of imidazole rings is 1. The van der Waals surface area contributed by atoms with E-state index in [1.807, 2.05) is 4.90 Å². The van der Waals surface area contributed by atoms with Crippen molar-refractivity contribution < 1.29 is 18.0 Å². The zero-order chi connectivity index (χ0) is 20.1. The molecule has 4 rings (SSSR count). The van der Waals surface area contributed by atoms with Gasteiger partial charge in [0.2, 0.25) is 5.82 Å². The average molecular weight is 394 g/mol. The number of hydrogen-bond donors (Lipinski definition) is 1. The number of alkyl halides is 3. The van der Waals surface area contributed by atoms with E-state index in [1.165, 1.54) is 10.6 Å². The van der Waals surface area contributed by atoms with Crippen molar-refractivity contribution in [2.75, 3.05) is 26.2 Å². The SMILES string of the molecule is CC(C)n1c(C(F)(F)F)nc2cc(C(=O)N3CCC4(CCNC4)CC3)ccc21. The van der Waals surface area contributed by atoms with Crippen molar-refractivity contribution in [2.45, 2.75) is 45.3 Å². The minimum Gasteiger partial charge on any atom is -0.339 e. The average Bonchev–Trinajstić information content (AvgIpc) is 3.25. The Hall–Kier alpha value is -2.09. The van der Waals surface area contributed by atoms with E-state index < -0.39 is 12.0 Å². The van der Waals surface area contributed by atoms with Crippen LogP contribution in [-0.4, -0.2) is 46.5 Å². The molecular formula is C20H25F3N4O. The van der Waals surface area contributed by atoms with E-state index in [4.69, 9.17) is 0 Å². The fourth-order valence-electron chi connectivity index (χ4n) is 4.54. The van der Waals surface area contributed by atoms with Gasteiger partial charge < -0.3 is 14.8 Å². The Morgan fingerprint density at radius 2 is 1.93 bits per heavy atom. The van der Waals surface area contributed by atoms with Gasteiger partial charge in [0.15, 0.2) is 0 Å². The van der Waals surface area contributed by atoms with Crippen LogP contribution in [0.3, 0.4) is 0 Å². The first-order valence-electron chi connectivity index (χ1n) is 9.79. The molecular weight excluding hydrogens is 369 g/mol. The third kappa shape index (κ3) is 3.27. The van der Waals surface area contributed by atoms with Gasteiger partial charge in [-0.1, -0.05) is 0 Å². The molecule has 1 aromatic carbocycles. The molecule has 1 N–H and O–H groups in total. The smallest absolute Gasteiger partial charge is 0.339 e. The minimum atomic E-state index is -4.54. The van der Waals surface area contributed by atoms with Gasteiger partial charge in [-0.2, -0.15) is 13.2 Å². The van der Waals surface area contributed by atoms with E-state index in [0.29, 0.717) is 29.6 Å². The summed E-state index contributed by atoms with van der Waals surface area (Å²) in [6.45, 7) is 6.80. The highest BCUT2D eigenvalue weighted by Crippen LogP contribution is 2.38. The quantitative estimate of drug-likeness (QED) is 0.842. The highest BCUT2D eigenvalue weighted by molar-refractivity contribution is 5.97. The van der Waals surface area contributed by atoms with Crippen molar-refractivity contribution >= 4 is 16.9 Å². The van der Waals surface area contributed by atoms with E-state index in [0.717, 1.165) is 32.4 Å². The summed E-state index contributed by atoms with van der Waals surface area (Å²) in [5.74, 6) is -1.05. The molecule has 1 aromatic heterocycles. The van der Waals surface area contributed by atoms with E-state index in [2.05, 4.69) is 10.3 Å². The maximum atomic E-state index is 13.4. The summed E-state index contributed by atoms with van der Waals surface area (Å²) in [6, 6.07) is 4.30. The number of amides is 1. The predicted molar refractivity (Wildman–Crippen MR) is 100 cm³/mol. The highest BCUT2D eigenvalue weighted by atomic mass is 19.4. The standard InChI is InChI=1S/C20H25F3N4O/c1-13(2)27-16-4-3-14(11-15(16)25-18(27)20(21,22)23)17(28)26-9-6-19(7-10-26)5-8-24-12-19/h3-4,11,13,24H,5-10,12H2,1-2H3. The number of piperidine rings is 1. The normalized spacial score (nSPS) is 19.9. The second kappa shape index (κ2) is 6.76. The number of nitrogens with one attached hydrogen (secondary N) is 1. The first kappa shape index (κ1) is 19.2. The van der Waals surface area contributed by atoms with Crippen molar-refractivity contribution in [3.05, 3.63) is 29.6 Å².